The molecule has 0 saturated carbocycles. The van der Waals surface area contributed by atoms with Gasteiger partial charge in [-0.25, -0.2) is 17.5 Å². The van der Waals surface area contributed by atoms with Gasteiger partial charge in [0.2, 0.25) is 10.0 Å². The van der Waals surface area contributed by atoms with Crippen molar-refractivity contribution in [3.05, 3.63) is 30.1 Å². The molecule has 1 atom stereocenters. The SMILES string of the molecule is O=S(=O)(NCCC1CCCCO1)c1ccc(F)cc1. The highest BCUT2D eigenvalue weighted by Gasteiger charge is 2.17. The van der Waals surface area contributed by atoms with Gasteiger partial charge in [-0.3, -0.25) is 0 Å². The van der Waals surface area contributed by atoms with E-state index in [-0.39, 0.29) is 11.0 Å². The van der Waals surface area contributed by atoms with Crippen molar-refractivity contribution in [2.24, 2.45) is 0 Å². The summed E-state index contributed by atoms with van der Waals surface area (Å²) < 4.78 is 44.6. The van der Waals surface area contributed by atoms with Crippen molar-refractivity contribution in [2.75, 3.05) is 13.2 Å². The summed E-state index contributed by atoms with van der Waals surface area (Å²) in [7, 11) is -3.55. The first kappa shape index (κ1) is 14.4. The van der Waals surface area contributed by atoms with Crippen molar-refractivity contribution in [3.8, 4) is 0 Å². The molecular formula is C13H18FNO3S. The average Bonchev–Trinajstić information content (AvgIpc) is 2.40. The first-order valence-corrected chi connectivity index (χ1v) is 7.93. The van der Waals surface area contributed by atoms with E-state index in [1.54, 1.807) is 0 Å². The van der Waals surface area contributed by atoms with Gasteiger partial charge in [0.1, 0.15) is 5.82 Å². The third-order valence-corrected chi connectivity index (χ3v) is 4.63. The van der Waals surface area contributed by atoms with Gasteiger partial charge in [0.25, 0.3) is 0 Å². The second-order valence-electron chi connectivity index (χ2n) is 4.63. The molecule has 0 spiro atoms. The van der Waals surface area contributed by atoms with Gasteiger partial charge in [0.05, 0.1) is 11.0 Å². The van der Waals surface area contributed by atoms with Crippen LogP contribution in [-0.4, -0.2) is 27.7 Å². The minimum atomic E-state index is -3.55. The van der Waals surface area contributed by atoms with Gasteiger partial charge in [-0.1, -0.05) is 0 Å². The summed E-state index contributed by atoms with van der Waals surface area (Å²) in [6.07, 6.45) is 4.01. The third-order valence-electron chi connectivity index (χ3n) is 3.16. The van der Waals surface area contributed by atoms with E-state index in [9.17, 15) is 12.8 Å². The zero-order valence-corrected chi connectivity index (χ0v) is 11.5. The van der Waals surface area contributed by atoms with E-state index in [0.717, 1.165) is 38.0 Å². The Labute approximate surface area is 113 Å². The number of benzene rings is 1. The lowest BCUT2D eigenvalue weighted by molar-refractivity contribution is 0.0123. The van der Waals surface area contributed by atoms with E-state index in [4.69, 9.17) is 4.74 Å². The Kier molecular flexibility index (Phi) is 4.90. The van der Waals surface area contributed by atoms with Gasteiger partial charge in [-0.15, -0.1) is 0 Å². The molecule has 19 heavy (non-hydrogen) atoms. The predicted molar refractivity (Wildman–Crippen MR) is 69.8 cm³/mol. The highest BCUT2D eigenvalue weighted by atomic mass is 32.2. The van der Waals surface area contributed by atoms with E-state index in [1.165, 1.54) is 12.1 Å². The molecule has 106 valence electrons. The molecule has 1 unspecified atom stereocenters. The molecule has 1 fully saturated rings. The largest absolute Gasteiger partial charge is 0.378 e. The van der Waals surface area contributed by atoms with E-state index in [0.29, 0.717) is 13.0 Å². The highest BCUT2D eigenvalue weighted by Crippen LogP contribution is 2.15. The summed E-state index contributed by atoms with van der Waals surface area (Å²) in [6, 6.07) is 4.79. The highest BCUT2D eigenvalue weighted by molar-refractivity contribution is 7.89. The maximum Gasteiger partial charge on any atom is 0.240 e. The molecule has 0 bridgehead atoms. The monoisotopic (exact) mass is 287 g/mol. The van der Waals surface area contributed by atoms with Crippen LogP contribution in [0.25, 0.3) is 0 Å². The zero-order chi connectivity index (χ0) is 13.7. The van der Waals surface area contributed by atoms with E-state index in [1.807, 2.05) is 0 Å². The van der Waals surface area contributed by atoms with Gasteiger partial charge in [0, 0.05) is 13.2 Å². The Morgan fingerprint density at radius 2 is 2.00 bits per heavy atom. The van der Waals surface area contributed by atoms with Crippen LogP contribution in [-0.2, 0) is 14.8 Å². The smallest absolute Gasteiger partial charge is 0.240 e. The topological polar surface area (TPSA) is 55.4 Å². The van der Waals surface area contributed by atoms with Crippen molar-refractivity contribution in [2.45, 2.75) is 36.7 Å². The van der Waals surface area contributed by atoms with Crippen LogP contribution in [0, 0.1) is 5.82 Å². The number of hydrogen-bond acceptors (Lipinski definition) is 3. The number of ether oxygens (including phenoxy) is 1. The Bertz CT molecular complexity index is 495. The van der Waals surface area contributed by atoms with E-state index in [2.05, 4.69) is 4.72 Å². The zero-order valence-electron chi connectivity index (χ0n) is 10.6. The minimum absolute atomic E-state index is 0.0819. The number of nitrogens with one attached hydrogen (secondary N) is 1. The fourth-order valence-electron chi connectivity index (χ4n) is 2.09. The lowest BCUT2D eigenvalue weighted by Gasteiger charge is -2.22. The molecule has 0 aromatic heterocycles. The van der Waals surface area contributed by atoms with Gasteiger partial charge >= 0.3 is 0 Å². The molecule has 6 heteroatoms. The van der Waals surface area contributed by atoms with Crippen molar-refractivity contribution < 1.29 is 17.5 Å². The van der Waals surface area contributed by atoms with Crippen LogP contribution in [0.15, 0.2) is 29.2 Å². The van der Waals surface area contributed by atoms with Crippen LogP contribution in [0.1, 0.15) is 25.7 Å². The number of hydrogen-bond donors (Lipinski definition) is 1. The summed E-state index contributed by atoms with van der Waals surface area (Å²) in [5.41, 5.74) is 0. The second-order valence-corrected chi connectivity index (χ2v) is 6.40. The summed E-state index contributed by atoms with van der Waals surface area (Å²) in [6.45, 7) is 1.10. The molecule has 1 N–H and O–H groups in total. The fourth-order valence-corrected chi connectivity index (χ4v) is 3.13. The summed E-state index contributed by atoms with van der Waals surface area (Å²) in [4.78, 5) is 0.0819. The van der Waals surface area contributed by atoms with Crippen molar-refractivity contribution >= 4 is 10.0 Å². The van der Waals surface area contributed by atoms with Gasteiger partial charge in [-0.05, 0) is 49.9 Å². The Balaban J connectivity index is 1.85. The van der Waals surface area contributed by atoms with Gasteiger partial charge < -0.3 is 4.74 Å². The van der Waals surface area contributed by atoms with Crippen LogP contribution in [0.4, 0.5) is 4.39 Å². The maximum absolute atomic E-state index is 12.7. The summed E-state index contributed by atoms with van der Waals surface area (Å²) >= 11 is 0. The molecule has 1 aromatic rings. The molecule has 0 aliphatic carbocycles. The number of sulfonamides is 1. The van der Waals surface area contributed by atoms with Crippen LogP contribution in [0.2, 0.25) is 0 Å². The normalized spacial score (nSPS) is 20.4. The molecule has 4 nitrogen and oxygen atoms in total. The lowest BCUT2D eigenvalue weighted by Crippen LogP contribution is -2.29. The molecule has 0 radical (unpaired) electrons. The van der Waals surface area contributed by atoms with Crippen LogP contribution in [0.5, 0.6) is 0 Å². The number of rotatable bonds is 5. The standard InChI is InChI=1S/C13H18FNO3S/c14-11-4-6-13(7-5-11)19(16,17)15-9-8-12-3-1-2-10-18-12/h4-7,12,15H,1-3,8-10H2. The predicted octanol–water partition coefficient (Wildman–Crippen LogP) is 2.06. The Morgan fingerprint density at radius 3 is 2.63 bits per heavy atom. The molecule has 1 saturated heterocycles. The molecular weight excluding hydrogens is 269 g/mol. The third kappa shape index (κ3) is 4.26. The van der Waals surface area contributed by atoms with Crippen molar-refractivity contribution in [1.29, 1.82) is 0 Å². The molecule has 2 rings (SSSR count). The van der Waals surface area contributed by atoms with E-state index >= 15 is 0 Å². The first-order chi connectivity index (χ1) is 9.08. The fraction of sp³-hybridized carbons (Fsp3) is 0.538. The molecule has 1 aliphatic heterocycles. The lowest BCUT2D eigenvalue weighted by atomic mass is 10.1. The van der Waals surface area contributed by atoms with Crippen molar-refractivity contribution in [1.82, 2.24) is 4.72 Å². The van der Waals surface area contributed by atoms with Crippen LogP contribution >= 0.6 is 0 Å². The van der Waals surface area contributed by atoms with E-state index < -0.39 is 15.8 Å². The Hall–Kier alpha value is -0.980. The van der Waals surface area contributed by atoms with Crippen molar-refractivity contribution in [3.63, 3.8) is 0 Å². The average molecular weight is 287 g/mol. The molecule has 0 amide bonds. The summed E-state index contributed by atoms with van der Waals surface area (Å²) in [5, 5.41) is 0. The number of halogens is 1. The maximum atomic E-state index is 12.7. The second kappa shape index (κ2) is 6.45. The van der Waals surface area contributed by atoms with Crippen LogP contribution < -0.4 is 4.72 Å². The van der Waals surface area contributed by atoms with Crippen LogP contribution in [0.3, 0.4) is 0 Å². The molecule has 1 heterocycles. The quantitative estimate of drug-likeness (QED) is 0.902. The first-order valence-electron chi connectivity index (χ1n) is 6.45. The van der Waals surface area contributed by atoms with Gasteiger partial charge in [-0.2, -0.15) is 0 Å². The van der Waals surface area contributed by atoms with Gasteiger partial charge in [0.15, 0.2) is 0 Å². The molecule has 1 aliphatic rings. The Morgan fingerprint density at radius 1 is 1.26 bits per heavy atom. The minimum Gasteiger partial charge on any atom is -0.378 e. The summed E-state index contributed by atoms with van der Waals surface area (Å²) in [5.74, 6) is -0.449. The molecule has 1 aromatic carbocycles.